The van der Waals surface area contributed by atoms with Gasteiger partial charge in [0.15, 0.2) is 5.96 Å². The predicted octanol–water partition coefficient (Wildman–Crippen LogP) is 2.96. The Morgan fingerprint density at radius 3 is 2.73 bits per heavy atom. The van der Waals surface area contributed by atoms with Gasteiger partial charge >= 0.3 is 0 Å². The van der Waals surface area contributed by atoms with Crippen molar-refractivity contribution in [1.29, 1.82) is 0 Å². The first-order valence-electron chi connectivity index (χ1n) is 8.99. The van der Waals surface area contributed by atoms with Crippen LogP contribution in [0.3, 0.4) is 0 Å². The van der Waals surface area contributed by atoms with Crippen molar-refractivity contribution in [3.63, 3.8) is 0 Å². The van der Waals surface area contributed by atoms with Gasteiger partial charge < -0.3 is 16.0 Å². The molecule has 1 heterocycles. The van der Waals surface area contributed by atoms with Gasteiger partial charge in [0.25, 0.3) is 0 Å². The SMILES string of the molecule is CCNC(=NCC(=O)Nc1cccc(CC)c1)NCc1ncc(CC)s1. The summed E-state index contributed by atoms with van der Waals surface area (Å²) in [5.74, 6) is 0.469. The molecule has 0 spiro atoms. The normalized spacial score (nSPS) is 11.3. The van der Waals surface area contributed by atoms with Crippen LogP contribution in [0, 0.1) is 0 Å². The van der Waals surface area contributed by atoms with Gasteiger partial charge in [-0.25, -0.2) is 9.98 Å². The standard InChI is InChI=1S/C19H27N5OS/c1-4-14-8-7-9-15(10-14)24-17(25)12-22-19(20-6-3)23-13-18-21-11-16(5-2)26-18/h7-11H,4-6,12-13H2,1-3H3,(H,24,25)(H2,20,22,23). The van der Waals surface area contributed by atoms with E-state index in [-0.39, 0.29) is 12.5 Å². The molecule has 0 fully saturated rings. The summed E-state index contributed by atoms with van der Waals surface area (Å²) in [6.45, 7) is 7.58. The van der Waals surface area contributed by atoms with Gasteiger partial charge in [0.05, 0.1) is 6.54 Å². The molecule has 0 aliphatic carbocycles. The van der Waals surface area contributed by atoms with E-state index in [1.165, 1.54) is 10.4 Å². The molecule has 26 heavy (non-hydrogen) atoms. The largest absolute Gasteiger partial charge is 0.357 e. The Morgan fingerprint density at radius 1 is 1.19 bits per heavy atom. The van der Waals surface area contributed by atoms with Crippen LogP contribution in [-0.2, 0) is 24.2 Å². The van der Waals surface area contributed by atoms with E-state index in [2.05, 4.69) is 39.8 Å². The maximum absolute atomic E-state index is 12.2. The fourth-order valence-electron chi connectivity index (χ4n) is 2.31. The topological polar surface area (TPSA) is 78.4 Å². The second-order valence-corrected chi connectivity index (χ2v) is 6.92. The Kier molecular flexibility index (Phi) is 8.08. The number of aromatic nitrogens is 1. The highest BCUT2D eigenvalue weighted by Gasteiger charge is 2.05. The number of hydrogen-bond donors (Lipinski definition) is 3. The minimum atomic E-state index is -0.141. The summed E-state index contributed by atoms with van der Waals surface area (Å²) in [5.41, 5.74) is 1.99. The van der Waals surface area contributed by atoms with Crippen LogP contribution in [0.1, 0.15) is 36.2 Å². The maximum atomic E-state index is 12.2. The lowest BCUT2D eigenvalue weighted by atomic mass is 10.1. The number of carbonyl (C=O) groups is 1. The fraction of sp³-hybridized carbons (Fsp3) is 0.421. The molecule has 2 rings (SSSR count). The van der Waals surface area contributed by atoms with Gasteiger partial charge in [-0.15, -0.1) is 11.3 Å². The quantitative estimate of drug-likeness (QED) is 0.491. The molecule has 2 aromatic rings. The van der Waals surface area contributed by atoms with Crippen molar-refractivity contribution >= 4 is 28.9 Å². The average molecular weight is 374 g/mol. The molecule has 7 heteroatoms. The van der Waals surface area contributed by atoms with E-state index in [4.69, 9.17) is 0 Å². The Morgan fingerprint density at radius 2 is 2.04 bits per heavy atom. The number of nitrogens with zero attached hydrogens (tertiary/aromatic N) is 2. The van der Waals surface area contributed by atoms with Crippen LogP contribution in [-0.4, -0.2) is 29.9 Å². The summed E-state index contributed by atoms with van der Waals surface area (Å²) in [6, 6.07) is 7.86. The zero-order valence-electron chi connectivity index (χ0n) is 15.6. The van der Waals surface area contributed by atoms with E-state index in [0.717, 1.165) is 30.1 Å². The summed E-state index contributed by atoms with van der Waals surface area (Å²) in [4.78, 5) is 22.1. The number of benzene rings is 1. The molecule has 1 aromatic carbocycles. The Labute approximate surface area is 159 Å². The minimum absolute atomic E-state index is 0.0593. The predicted molar refractivity (Wildman–Crippen MR) is 109 cm³/mol. The van der Waals surface area contributed by atoms with Gasteiger partial charge in [0.1, 0.15) is 11.6 Å². The third-order valence-electron chi connectivity index (χ3n) is 3.70. The Balaban J connectivity index is 1.89. The first-order valence-corrected chi connectivity index (χ1v) is 9.80. The van der Waals surface area contributed by atoms with Crippen molar-refractivity contribution in [2.24, 2.45) is 4.99 Å². The number of nitrogens with one attached hydrogen (secondary N) is 3. The summed E-state index contributed by atoms with van der Waals surface area (Å²) >= 11 is 1.69. The van der Waals surface area contributed by atoms with Gasteiger partial charge in [0, 0.05) is 23.3 Å². The molecule has 0 radical (unpaired) electrons. The molecule has 0 aliphatic rings. The molecule has 1 amide bonds. The summed E-state index contributed by atoms with van der Waals surface area (Å²) < 4.78 is 0. The molecule has 0 aliphatic heterocycles. The van der Waals surface area contributed by atoms with Gasteiger partial charge in [-0.05, 0) is 37.5 Å². The molecule has 6 nitrogen and oxygen atoms in total. The van der Waals surface area contributed by atoms with Crippen LogP contribution in [0.25, 0.3) is 0 Å². The maximum Gasteiger partial charge on any atom is 0.246 e. The molecular weight excluding hydrogens is 346 g/mol. The van der Waals surface area contributed by atoms with Crippen molar-refractivity contribution in [2.75, 3.05) is 18.4 Å². The first kappa shape index (κ1) is 19.9. The molecule has 3 N–H and O–H groups in total. The van der Waals surface area contributed by atoms with Crippen molar-refractivity contribution in [3.05, 3.63) is 45.9 Å². The molecule has 0 bridgehead atoms. The highest BCUT2D eigenvalue weighted by Crippen LogP contribution is 2.13. The zero-order chi connectivity index (χ0) is 18.8. The van der Waals surface area contributed by atoms with Crippen molar-refractivity contribution in [2.45, 2.75) is 40.2 Å². The van der Waals surface area contributed by atoms with Gasteiger partial charge in [0.2, 0.25) is 5.91 Å². The van der Waals surface area contributed by atoms with E-state index in [0.29, 0.717) is 12.5 Å². The molecule has 0 unspecified atom stereocenters. The van der Waals surface area contributed by atoms with Crippen LogP contribution in [0.15, 0.2) is 35.5 Å². The van der Waals surface area contributed by atoms with E-state index in [9.17, 15) is 4.79 Å². The second kappa shape index (κ2) is 10.6. The molecule has 0 saturated carbocycles. The van der Waals surface area contributed by atoms with E-state index in [1.54, 1.807) is 11.3 Å². The smallest absolute Gasteiger partial charge is 0.246 e. The highest BCUT2D eigenvalue weighted by molar-refractivity contribution is 7.11. The second-order valence-electron chi connectivity index (χ2n) is 5.72. The van der Waals surface area contributed by atoms with Crippen LogP contribution in [0.4, 0.5) is 5.69 Å². The number of thiazole rings is 1. The monoisotopic (exact) mass is 373 g/mol. The van der Waals surface area contributed by atoms with Crippen LogP contribution >= 0.6 is 11.3 Å². The van der Waals surface area contributed by atoms with Crippen molar-refractivity contribution in [3.8, 4) is 0 Å². The number of anilines is 1. The molecule has 0 atom stereocenters. The first-order chi connectivity index (χ1) is 12.6. The molecule has 0 saturated heterocycles. The van der Waals surface area contributed by atoms with Gasteiger partial charge in [-0.3, -0.25) is 4.79 Å². The van der Waals surface area contributed by atoms with Gasteiger partial charge in [-0.1, -0.05) is 26.0 Å². The van der Waals surface area contributed by atoms with Crippen LogP contribution in [0.5, 0.6) is 0 Å². The van der Waals surface area contributed by atoms with E-state index < -0.39 is 0 Å². The van der Waals surface area contributed by atoms with E-state index in [1.807, 2.05) is 37.4 Å². The number of guanidine groups is 1. The minimum Gasteiger partial charge on any atom is -0.357 e. The number of carbonyl (C=O) groups excluding carboxylic acids is 1. The third kappa shape index (κ3) is 6.48. The number of amides is 1. The Hall–Kier alpha value is -2.41. The van der Waals surface area contributed by atoms with Crippen LogP contribution in [0.2, 0.25) is 0 Å². The van der Waals surface area contributed by atoms with Crippen LogP contribution < -0.4 is 16.0 Å². The lowest BCUT2D eigenvalue weighted by Gasteiger charge is -2.10. The number of rotatable bonds is 8. The summed E-state index contributed by atoms with van der Waals surface area (Å²) in [7, 11) is 0. The van der Waals surface area contributed by atoms with Crippen molar-refractivity contribution < 1.29 is 4.79 Å². The fourth-order valence-corrected chi connectivity index (χ4v) is 3.12. The molecular formula is C19H27N5OS. The lowest BCUT2D eigenvalue weighted by Crippen LogP contribution is -2.37. The average Bonchev–Trinajstić information content (AvgIpc) is 3.12. The lowest BCUT2D eigenvalue weighted by molar-refractivity contribution is -0.114. The Bertz CT molecular complexity index is 741. The van der Waals surface area contributed by atoms with E-state index >= 15 is 0 Å². The number of aliphatic imine (C=N–C) groups is 1. The summed E-state index contributed by atoms with van der Waals surface area (Å²) in [6.07, 6.45) is 3.84. The molecule has 140 valence electrons. The zero-order valence-corrected chi connectivity index (χ0v) is 16.4. The van der Waals surface area contributed by atoms with Crippen molar-refractivity contribution in [1.82, 2.24) is 15.6 Å². The molecule has 1 aromatic heterocycles. The third-order valence-corrected chi connectivity index (χ3v) is 4.84. The summed E-state index contributed by atoms with van der Waals surface area (Å²) in [5, 5.41) is 10.3. The number of hydrogen-bond acceptors (Lipinski definition) is 4. The number of aryl methyl sites for hydroxylation is 2. The highest BCUT2D eigenvalue weighted by atomic mass is 32.1. The van der Waals surface area contributed by atoms with Gasteiger partial charge in [-0.2, -0.15) is 0 Å².